The first-order chi connectivity index (χ1) is 21.9. The van der Waals surface area contributed by atoms with E-state index in [1.807, 2.05) is 6.92 Å². The van der Waals surface area contributed by atoms with Crippen LogP contribution in [0, 0.1) is 29.1 Å². The standard InChI is InChI=1S/C33H53Cl2N5O7/c1-17(2)47-31(45)26(33(4,5)6)39-32(46)38-23(20-13-8-7-9-14-20)30(44)40-16-18(3)22(27(34)35)24(40)29(43)37-21(25(41)28(36)42)15-19-11-10-12-19/h17-24,26-27H,7-16H2,1-6H3,(H2,36,42)(H,37,43)(H2,38,39,46)/t18-,21?,22-,23-,24-,26+/m0/s1. The molecular formula is C33H53Cl2N5O7. The molecule has 5 N–H and O–H groups in total. The molecule has 2 aliphatic carbocycles. The Labute approximate surface area is 288 Å². The minimum atomic E-state index is -1.17. The number of ketones is 1. The van der Waals surface area contributed by atoms with Crippen LogP contribution in [0.15, 0.2) is 0 Å². The molecule has 5 amide bonds. The van der Waals surface area contributed by atoms with Crippen molar-refractivity contribution in [3.8, 4) is 0 Å². The number of likely N-dealkylation sites (tertiary alicyclic amines) is 1. The second-order valence-corrected chi connectivity index (χ2v) is 16.1. The van der Waals surface area contributed by atoms with Crippen LogP contribution in [0.5, 0.6) is 0 Å². The van der Waals surface area contributed by atoms with Gasteiger partial charge in [-0.05, 0) is 56.3 Å². The van der Waals surface area contributed by atoms with Crippen molar-refractivity contribution in [2.45, 2.75) is 134 Å². The summed E-state index contributed by atoms with van der Waals surface area (Å²) < 4.78 is 5.40. The third-order valence-corrected chi connectivity index (χ3v) is 10.3. The first-order valence-corrected chi connectivity index (χ1v) is 17.8. The number of halogens is 2. The monoisotopic (exact) mass is 701 g/mol. The van der Waals surface area contributed by atoms with Crippen LogP contribution in [0.4, 0.5) is 4.79 Å². The van der Waals surface area contributed by atoms with E-state index in [9.17, 15) is 28.8 Å². The van der Waals surface area contributed by atoms with E-state index in [0.717, 1.165) is 38.5 Å². The van der Waals surface area contributed by atoms with Gasteiger partial charge in [0, 0.05) is 12.5 Å². The highest BCUT2D eigenvalue weighted by Gasteiger charge is 2.51. The number of esters is 1. The fraction of sp³-hybridized carbons (Fsp3) is 0.818. The van der Waals surface area contributed by atoms with E-state index in [-0.39, 0.29) is 36.8 Å². The van der Waals surface area contributed by atoms with E-state index in [4.69, 9.17) is 33.7 Å². The SMILES string of the molecule is CC(C)OC(=O)[C@@H](NC(=O)N[C@H](C(=O)N1C[C@H](C)[C@H](C(Cl)Cl)[C@H]1C(=O)NC(CC1CCC1)C(=O)C(N)=O)C1CCCCC1)C(C)(C)C. The number of primary amides is 1. The Kier molecular flexibility index (Phi) is 13.8. The molecule has 0 spiro atoms. The lowest BCUT2D eigenvalue weighted by Gasteiger charge is -2.37. The van der Waals surface area contributed by atoms with Crippen LogP contribution in [-0.2, 0) is 28.7 Å². The third-order valence-electron chi connectivity index (χ3n) is 9.76. The molecule has 1 unspecified atom stereocenters. The molecule has 2 saturated carbocycles. The Hall–Kier alpha value is -2.60. The topological polar surface area (TPSA) is 177 Å². The summed E-state index contributed by atoms with van der Waals surface area (Å²) in [6.45, 7) is 10.8. The average molecular weight is 703 g/mol. The van der Waals surface area contributed by atoms with Gasteiger partial charge in [0.05, 0.1) is 12.1 Å². The third kappa shape index (κ3) is 10.2. The minimum Gasteiger partial charge on any atom is -0.461 e. The van der Waals surface area contributed by atoms with Crippen molar-refractivity contribution in [1.82, 2.24) is 20.9 Å². The van der Waals surface area contributed by atoms with Crippen molar-refractivity contribution in [3.63, 3.8) is 0 Å². The molecule has 3 fully saturated rings. The molecule has 1 aliphatic heterocycles. The molecule has 12 nitrogen and oxygen atoms in total. The molecule has 0 aromatic heterocycles. The number of hydrogen-bond acceptors (Lipinski definition) is 7. The maximum atomic E-state index is 14.5. The Morgan fingerprint density at radius 1 is 0.915 bits per heavy atom. The molecule has 3 aliphatic rings. The number of nitrogens with two attached hydrogens (primary N) is 1. The summed E-state index contributed by atoms with van der Waals surface area (Å²) >= 11 is 12.8. The Balaban J connectivity index is 1.91. The number of alkyl halides is 2. The maximum Gasteiger partial charge on any atom is 0.329 e. The predicted octanol–water partition coefficient (Wildman–Crippen LogP) is 3.60. The number of urea groups is 1. The van der Waals surface area contributed by atoms with E-state index in [0.29, 0.717) is 12.8 Å². The largest absolute Gasteiger partial charge is 0.461 e. The normalized spacial score (nSPS) is 24.2. The van der Waals surface area contributed by atoms with Crippen molar-refractivity contribution in [3.05, 3.63) is 0 Å². The highest BCUT2D eigenvalue weighted by molar-refractivity contribution is 6.44. The number of carbonyl (C=O) groups is 6. The molecule has 6 atom stereocenters. The maximum absolute atomic E-state index is 14.5. The van der Waals surface area contributed by atoms with Crippen molar-refractivity contribution in [2.75, 3.05) is 6.54 Å². The van der Waals surface area contributed by atoms with Gasteiger partial charge in [0.25, 0.3) is 5.91 Å². The summed E-state index contributed by atoms with van der Waals surface area (Å²) in [6, 6.07) is -5.02. The Bertz CT molecular complexity index is 1170. The number of nitrogens with one attached hydrogen (secondary N) is 3. The summed E-state index contributed by atoms with van der Waals surface area (Å²) in [4.78, 5) is 80.0. The van der Waals surface area contributed by atoms with Gasteiger partial charge in [-0.1, -0.05) is 66.2 Å². The second kappa shape index (κ2) is 16.7. The number of hydrogen-bond donors (Lipinski definition) is 4. The lowest BCUT2D eigenvalue weighted by Crippen LogP contribution is -2.61. The van der Waals surface area contributed by atoms with Gasteiger partial charge < -0.3 is 31.3 Å². The van der Waals surface area contributed by atoms with Gasteiger partial charge >= 0.3 is 12.0 Å². The number of nitrogens with zero attached hydrogens (tertiary/aromatic N) is 1. The van der Waals surface area contributed by atoms with Gasteiger partial charge in [-0.15, -0.1) is 23.2 Å². The van der Waals surface area contributed by atoms with Gasteiger partial charge in [0.2, 0.25) is 17.6 Å². The Morgan fingerprint density at radius 3 is 2.02 bits per heavy atom. The van der Waals surface area contributed by atoms with Crippen molar-refractivity contribution < 1.29 is 33.5 Å². The van der Waals surface area contributed by atoms with Crippen molar-refractivity contribution >= 4 is 58.7 Å². The molecule has 1 saturated heterocycles. The number of amides is 5. The van der Waals surface area contributed by atoms with Crippen LogP contribution in [0.3, 0.4) is 0 Å². The fourth-order valence-corrected chi connectivity index (χ4v) is 7.76. The molecule has 3 rings (SSSR count). The molecule has 266 valence electrons. The quantitative estimate of drug-likeness (QED) is 0.129. The zero-order chi connectivity index (χ0) is 35.2. The van der Waals surface area contributed by atoms with Crippen molar-refractivity contribution in [2.24, 2.45) is 34.8 Å². The van der Waals surface area contributed by atoms with Crippen LogP contribution in [0.25, 0.3) is 0 Å². The van der Waals surface area contributed by atoms with Gasteiger partial charge in [0.15, 0.2) is 0 Å². The van der Waals surface area contributed by atoms with Crippen molar-refractivity contribution in [1.29, 1.82) is 0 Å². The molecule has 0 radical (unpaired) electrons. The van der Waals surface area contributed by atoms with Gasteiger partial charge in [-0.3, -0.25) is 19.2 Å². The Morgan fingerprint density at radius 2 is 1.53 bits per heavy atom. The first kappa shape index (κ1) is 38.8. The average Bonchev–Trinajstić information content (AvgIpc) is 3.31. The number of rotatable bonds is 13. The molecule has 14 heteroatoms. The van der Waals surface area contributed by atoms with Gasteiger partial charge in [0.1, 0.15) is 23.0 Å². The van der Waals surface area contributed by atoms with Crippen LogP contribution < -0.4 is 21.7 Å². The predicted molar refractivity (Wildman–Crippen MR) is 178 cm³/mol. The van der Waals surface area contributed by atoms with E-state index in [1.165, 1.54) is 4.90 Å². The highest BCUT2D eigenvalue weighted by atomic mass is 35.5. The lowest BCUT2D eigenvalue weighted by atomic mass is 9.80. The summed E-state index contributed by atoms with van der Waals surface area (Å²) in [6.07, 6.45) is 6.73. The molecular weight excluding hydrogens is 649 g/mol. The van der Waals surface area contributed by atoms with Crippen LogP contribution in [0.2, 0.25) is 0 Å². The van der Waals surface area contributed by atoms with E-state index in [2.05, 4.69) is 16.0 Å². The number of Topliss-reactive ketones (excluding diaryl/α,β-unsaturated/α-hetero) is 1. The van der Waals surface area contributed by atoms with Crippen LogP contribution in [0.1, 0.15) is 99.3 Å². The molecule has 1 heterocycles. The van der Waals surface area contributed by atoms with E-state index >= 15 is 0 Å². The smallest absolute Gasteiger partial charge is 0.329 e. The van der Waals surface area contributed by atoms with Gasteiger partial charge in [-0.25, -0.2) is 9.59 Å². The number of carbonyl (C=O) groups excluding carboxylic acids is 6. The summed E-state index contributed by atoms with van der Waals surface area (Å²) in [5.74, 6) is -4.82. The summed E-state index contributed by atoms with van der Waals surface area (Å²) in [7, 11) is 0. The summed E-state index contributed by atoms with van der Waals surface area (Å²) in [5.41, 5.74) is 4.63. The van der Waals surface area contributed by atoms with Crippen LogP contribution >= 0.6 is 23.2 Å². The van der Waals surface area contributed by atoms with Crippen LogP contribution in [-0.4, -0.2) is 82.1 Å². The zero-order valence-electron chi connectivity index (χ0n) is 28.5. The molecule has 0 bridgehead atoms. The molecule has 0 aromatic carbocycles. The van der Waals surface area contributed by atoms with Gasteiger partial charge in [-0.2, -0.15) is 0 Å². The zero-order valence-corrected chi connectivity index (χ0v) is 30.0. The van der Waals surface area contributed by atoms with E-state index < -0.39 is 75.8 Å². The molecule has 47 heavy (non-hydrogen) atoms. The first-order valence-electron chi connectivity index (χ1n) is 16.9. The fourth-order valence-electron chi connectivity index (χ4n) is 6.99. The minimum absolute atomic E-state index is 0.131. The summed E-state index contributed by atoms with van der Waals surface area (Å²) in [5, 5.41) is 8.28. The highest BCUT2D eigenvalue weighted by Crippen LogP contribution is 2.39. The second-order valence-electron chi connectivity index (χ2n) is 14.9. The molecule has 0 aromatic rings. The van der Waals surface area contributed by atoms with E-state index in [1.54, 1.807) is 34.6 Å². The number of ether oxygens (including phenoxy) is 1. The lowest BCUT2D eigenvalue weighted by molar-refractivity contribution is -0.152.